The lowest BCUT2D eigenvalue weighted by Crippen LogP contribution is -2.37. The van der Waals surface area contributed by atoms with Gasteiger partial charge in [0, 0.05) is 5.56 Å². The van der Waals surface area contributed by atoms with Crippen molar-refractivity contribution in [3.05, 3.63) is 22.3 Å². The molecule has 0 saturated heterocycles. The lowest BCUT2D eigenvalue weighted by Gasteiger charge is -2.38. The zero-order valence-corrected chi connectivity index (χ0v) is 24.8. The van der Waals surface area contributed by atoms with E-state index in [1.807, 2.05) is 0 Å². The summed E-state index contributed by atoms with van der Waals surface area (Å²) in [6.45, 7) is 18.5. The fraction of sp³-hybridized carbons (Fsp3) is 0.806. The average Bonchev–Trinajstić information content (AvgIpc) is 2.77. The first kappa shape index (κ1) is 29.4. The second kappa shape index (κ2) is 14.0. The first-order chi connectivity index (χ1) is 16.1. The SMILES string of the molecule is CSCOc1c(C)c(C)c2c(c1C)CCC(C)(CCCC(C)CCCC(C)CCCC(C)C)O2. The smallest absolute Gasteiger partial charge is 0.134 e. The molecule has 1 aromatic rings. The van der Waals surface area contributed by atoms with Crippen LogP contribution >= 0.6 is 11.8 Å². The van der Waals surface area contributed by atoms with Gasteiger partial charge in [-0.25, -0.2) is 0 Å². The summed E-state index contributed by atoms with van der Waals surface area (Å²) in [7, 11) is 0. The highest BCUT2D eigenvalue weighted by Gasteiger charge is 2.34. The van der Waals surface area contributed by atoms with E-state index in [1.54, 1.807) is 11.8 Å². The Morgan fingerprint density at radius 2 is 1.44 bits per heavy atom. The van der Waals surface area contributed by atoms with Gasteiger partial charge >= 0.3 is 0 Å². The summed E-state index contributed by atoms with van der Waals surface area (Å²) >= 11 is 1.72. The number of hydrogen-bond acceptors (Lipinski definition) is 3. The van der Waals surface area contributed by atoms with Crippen molar-refractivity contribution >= 4 is 11.8 Å². The average molecular weight is 491 g/mol. The highest BCUT2D eigenvalue weighted by Crippen LogP contribution is 2.45. The molecule has 0 amide bonds. The lowest BCUT2D eigenvalue weighted by atomic mass is 9.83. The maximum absolute atomic E-state index is 6.76. The van der Waals surface area contributed by atoms with Crippen molar-refractivity contribution in [3.8, 4) is 11.5 Å². The highest BCUT2D eigenvalue weighted by molar-refractivity contribution is 7.98. The number of benzene rings is 1. The monoisotopic (exact) mass is 490 g/mol. The zero-order chi connectivity index (χ0) is 25.3. The zero-order valence-electron chi connectivity index (χ0n) is 23.9. The molecule has 0 bridgehead atoms. The first-order valence-electron chi connectivity index (χ1n) is 14.0. The standard InChI is InChI=1S/C31H54O2S/c1-22(2)13-10-14-23(3)15-11-16-24(4)17-12-19-31(8)20-18-28-27(7)29(32-21-34-9)25(5)26(6)30(28)33-31/h22-24H,10-21H2,1-9H3. The number of fused-ring (bicyclic) bond motifs is 1. The summed E-state index contributed by atoms with van der Waals surface area (Å²) < 4.78 is 12.8. The van der Waals surface area contributed by atoms with Crippen molar-refractivity contribution in [1.82, 2.24) is 0 Å². The Hall–Kier alpha value is -0.830. The van der Waals surface area contributed by atoms with Crippen molar-refractivity contribution in [3.63, 3.8) is 0 Å². The third kappa shape index (κ3) is 8.68. The summed E-state index contributed by atoms with van der Waals surface area (Å²) in [5, 5.41) is 0. The summed E-state index contributed by atoms with van der Waals surface area (Å²) in [5.41, 5.74) is 5.11. The predicted octanol–water partition coefficient (Wildman–Crippen LogP) is 9.83. The van der Waals surface area contributed by atoms with E-state index in [-0.39, 0.29) is 5.60 Å². The van der Waals surface area contributed by atoms with Crippen LogP contribution in [-0.2, 0) is 6.42 Å². The van der Waals surface area contributed by atoms with E-state index in [0.29, 0.717) is 5.94 Å². The maximum Gasteiger partial charge on any atom is 0.134 e. The van der Waals surface area contributed by atoms with Gasteiger partial charge in [-0.3, -0.25) is 0 Å². The normalized spacial score (nSPS) is 19.6. The summed E-state index contributed by atoms with van der Waals surface area (Å²) in [4.78, 5) is 0. The Bertz CT molecular complexity index is 757. The quantitative estimate of drug-likeness (QED) is 0.228. The van der Waals surface area contributed by atoms with E-state index >= 15 is 0 Å². The van der Waals surface area contributed by atoms with Gasteiger partial charge in [0.2, 0.25) is 0 Å². The van der Waals surface area contributed by atoms with Gasteiger partial charge in [0.25, 0.3) is 0 Å². The molecule has 1 aromatic carbocycles. The van der Waals surface area contributed by atoms with Crippen LogP contribution < -0.4 is 9.47 Å². The Morgan fingerprint density at radius 1 is 0.853 bits per heavy atom. The maximum atomic E-state index is 6.76. The van der Waals surface area contributed by atoms with Gasteiger partial charge in [-0.15, -0.1) is 11.8 Å². The van der Waals surface area contributed by atoms with Crippen LogP contribution in [0.1, 0.15) is 121 Å². The van der Waals surface area contributed by atoms with Crippen LogP contribution in [0.2, 0.25) is 0 Å². The fourth-order valence-electron chi connectivity index (χ4n) is 5.59. The topological polar surface area (TPSA) is 18.5 Å². The minimum atomic E-state index is -0.0388. The van der Waals surface area contributed by atoms with Crippen molar-refractivity contribution < 1.29 is 9.47 Å². The third-order valence-electron chi connectivity index (χ3n) is 8.16. The molecule has 1 aliphatic rings. The molecule has 1 aliphatic heterocycles. The van der Waals surface area contributed by atoms with Gasteiger partial charge in [0.1, 0.15) is 23.0 Å². The van der Waals surface area contributed by atoms with Crippen molar-refractivity contribution in [2.45, 2.75) is 132 Å². The molecule has 3 unspecified atom stereocenters. The van der Waals surface area contributed by atoms with Crippen LogP contribution in [0.5, 0.6) is 11.5 Å². The number of thioether (sulfide) groups is 1. The first-order valence-corrected chi connectivity index (χ1v) is 15.4. The van der Waals surface area contributed by atoms with Gasteiger partial charge in [-0.05, 0) is 94.1 Å². The second-order valence-electron chi connectivity index (χ2n) is 12.0. The molecule has 0 spiro atoms. The van der Waals surface area contributed by atoms with E-state index in [2.05, 4.69) is 61.6 Å². The minimum absolute atomic E-state index is 0.0388. The molecule has 196 valence electrons. The molecule has 3 atom stereocenters. The molecule has 2 nitrogen and oxygen atoms in total. The summed E-state index contributed by atoms with van der Waals surface area (Å²) in [6.07, 6.45) is 16.4. The van der Waals surface area contributed by atoms with Gasteiger partial charge in [0.15, 0.2) is 0 Å². The molecule has 3 heteroatoms. The Morgan fingerprint density at radius 3 is 2.03 bits per heavy atom. The predicted molar refractivity (Wildman–Crippen MR) is 152 cm³/mol. The molecular formula is C31H54O2S. The Labute approximate surface area is 216 Å². The van der Waals surface area contributed by atoms with Crippen LogP contribution in [0, 0.1) is 38.5 Å². The summed E-state index contributed by atoms with van der Waals surface area (Å²) in [6, 6.07) is 0. The molecular weight excluding hydrogens is 436 g/mol. The van der Waals surface area contributed by atoms with E-state index in [1.165, 1.54) is 73.6 Å². The molecule has 34 heavy (non-hydrogen) atoms. The van der Waals surface area contributed by atoms with Gasteiger partial charge in [0.05, 0.1) is 0 Å². The molecule has 0 fully saturated rings. The second-order valence-corrected chi connectivity index (χ2v) is 12.8. The van der Waals surface area contributed by atoms with E-state index in [9.17, 15) is 0 Å². The number of hydrogen-bond donors (Lipinski definition) is 0. The largest absolute Gasteiger partial charge is 0.487 e. The number of rotatable bonds is 15. The van der Waals surface area contributed by atoms with Crippen molar-refractivity contribution in [2.75, 3.05) is 12.2 Å². The van der Waals surface area contributed by atoms with E-state index in [4.69, 9.17) is 9.47 Å². The van der Waals surface area contributed by atoms with Crippen LogP contribution in [0.3, 0.4) is 0 Å². The van der Waals surface area contributed by atoms with Crippen LogP contribution in [0.15, 0.2) is 0 Å². The van der Waals surface area contributed by atoms with E-state index < -0.39 is 0 Å². The molecule has 2 rings (SSSR count). The van der Waals surface area contributed by atoms with Crippen molar-refractivity contribution in [1.29, 1.82) is 0 Å². The van der Waals surface area contributed by atoms with Crippen LogP contribution in [0.25, 0.3) is 0 Å². The Kier molecular flexibility index (Phi) is 12.1. The van der Waals surface area contributed by atoms with Crippen LogP contribution in [0.4, 0.5) is 0 Å². The molecule has 0 aromatic heterocycles. The van der Waals surface area contributed by atoms with Gasteiger partial charge < -0.3 is 9.47 Å². The molecule has 1 heterocycles. The molecule has 0 aliphatic carbocycles. The third-order valence-corrected chi connectivity index (χ3v) is 8.51. The minimum Gasteiger partial charge on any atom is -0.487 e. The van der Waals surface area contributed by atoms with Gasteiger partial charge in [-0.1, -0.05) is 72.6 Å². The van der Waals surface area contributed by atoms with Crippen molar-refractivity contribution in [2.24, 2.45) is 17.8 Å². The Balaban J connectivity index is 1.80. The van der Waals surface area contributed by atoms with Gasteiger partial charge in [-0.2, -0.15) is 0 Å². The number of ether oxygens (including phenoxy) is 2. The fourth-order valence-corrected chi connectivity index (χ4v) is 5.83. The summed E-state index contributed by atoms with van der Waals surface area (Å²) in [5.74, 6) is 5.48. The highest BCUT2D eigenvalue weighted by atomic mass is 32.2. The molecule has 0 saturated carbocycles. The van der Waals surface area contributed by atoms with E-state index in [0.717, 1.165) is 48.5 Å². The lowest BCUT2D eigenvalue weighted by molar-refractivity contribution is 0.0511. The molecule has 0 radical (unpaired) electrons. The van der Waals surface area contributed by atoms with Crippen LogP contribution in [-0.4, -0.2) is 17.8 Å². The molecule has 0 N–H and O–H groups in total.